The lowest BCUT2D eigenvalue weighted by Crippen LogP contribution is -2.14. The highest BCUT2D eigenvalue weighted by Crippen LogP contribution is 2.30. The van der Waals surface area contributed by atoms with Crippen molar-refractivity contribution >= 4 is 17.7 Å². The molecule has 0 saturated carbocycles. The Labute approximate surface area is 112 Å². The summed E-state index contributed by atoms with van der Waals surface area (Å²) in [6, 6.07) is 10.5. The topological polar surface area (TPSA) is 20.3 Å². The molecule has 19 heavy (non-hydrogen) atoms. The Morgan fingerprint density at radius 3 is 2.32 bits per heavy atom. The first-order chi connectivity index (χ1) is 9.02. The third kappa shape index (κ3) is 2.65. The van der Waals surface area contributed by atoms with Gasteiger partial charge in [-0.05, 0) is 49.2 Å². The lowest BCUT2D eigenvalue weighted by atomic mass is 10.1. The summed E-state index contributed by atoms with van der Waals surface area (Å²) in [4.78, 5) is 12.8. The summed E-state index contributed by atoms with van der Waals surface area (Å²) < 4.78 is 14.0. The van der Waals surface area contributed by atoms with E-state index in [0.717, 1.165) is 16.8 Å². The third-order valence-corrected chi connectivity index (χ3v) is 3.07. The number of hydrogen-bond acceptors (Lipinski definition) is 2. The van der Waals surface area contributed by atoms with Crippen molar-refractivity contribution in [1.82, 2.24) is 0 Å². The average Bonchev–Trinajstić information content (AvgIpc) is 2.36. The van der Waals surface area contributed by atoms with Gasteiger partial charge in [-0.2, -0.15) is 0 Å². The van der Waals surface area contributed by atoms with Gasteiger partial charge < -0.3 is 4.90 Å². The first-order valence-corrected chi connectivity index (χ1v) is 6.08. The second-order valence-corrected chi connectivity index (χ2v) is 4.70. The lowest BCUT2D eigenvalue weighted by Gasteiger charge is -2.22. The van der Waals surface area contributed by atoms with Gasteiger partial charge in [-0.3, -0.25) is 4.79 Å². The van der Waals surface area contributed by atoms with Crippen LogP contribution < -0.4 is 4.90 Å². The minimum Gasteiger partial charge on any atom is -0.342 e. The number of hydrogen-bond donors (Lipinski definition) is 0. The first-order valence-electron chi connectivity index (χ1n) is 6.08. The fourth-order valence-corrected chi connectivity index (χ4v) is 2.25. The summed E-state index contributed by atoms with van der Waals surface area (Å²) >= 11 is 0. The van der Waals surface area contributed by atoms with E-state index in [1.807, 2.05) is 26.0 Å². The zero-order valence-electron chi connectivity index (χ0n) is 11.3. The smallest absolute Gasteiger partial charge is 0.152 e. The number of carbonyl (C=O) groups excluding carboxylic acids is 1. The van der Waals surface area contributed by atoms with Crippen LogP contribution in [0.4, 0.5) is 15.8 Å². The molecule has 0 radical (unpaired) electrons. The zero-order chi connectivity index (χ0) is 14.0. The van der Waals surface area contributed by atoms with Gasteiger partial charge in [0.1, 0.15) is 5.82 Å². The van der Waals surface area contributed by atoms with Crippen molar-refractivity contribution in [2.45, 2.75) is 13.8 Å². The predicted octanol–water partition coefficient (Wildman–Crippen LogP) is 4.02. The molecule has 0 aliphatic heterocycles. The van der Waals surface area contributed by atoms with Crippen LogP contribution in [0.25, 0.3) is 0 Å². The van der Waals surface area contributed by atoms with Gasteiger partial charge in [0, 0.05) is 18.3 Å². The normalized spacial score (nSPS) is 10.3. The highest BCUT2D eigenvalue weighted by molar-refractivity contribution is 5.87. The van der Waals surface area contributed by atoms with Gasteiger partial charge in [-0.1, -0.05) is 12.1 Å². The summed E-state index contributed by atoms with van der Waals surface area (Å²) in [5, 5.41) is 0. The van der Waals surface area contributed by atoms with Crippen LogP contribution in [0.2, 0.25) is 0 Å². The highest BCUT2D eigenvalue weighted by Gasteiger charge is 2.14. The van der Waals surface area contributed by atoms with Gasteiger partial charge >= 0.3 is 0 Å². The summed E-state index contributed by atoms with van der Waals surface area (Å²) in [7, 11) is 1.76. The van der Waals surface area contributed by atoms with Crippen molar-refractivity contribution in [2.75, 3.05) is 11.9 Å². The average molecular weight is 257 g/mol. The van der Waals surface area contributed by atoms with E-state index in [9.17, 15) is 9.18 Å². The van der Waals surface area contributed by atoms with Crippen LogP contribution in [0, 0.1) is 19.7 Å². The molecule has 2 aromatic rings. The molecule has 0 spiro atoms. The standard InChI is InChI=1S/C16H16FNO/c1-11-7-12(2)9-14(8-11)18(3)16-13(10-19)5-4-6-15(16)17/h4-10H,1-3H3. The van der Waals surface area contributed by atoms with Crippen LogP contribution in [0.3, 0.4) is 0 Å². The quantitative estimate of drug-likeness (QED) is 0.774. The molecule has 0 saturated heterocycles. The molecule has 0 atom stereocenters. The second kappa shape index (κ2) is 5.22. The van der Waals surface area contributed by atoms with Crippen LogP contribution in [0.5, 0.6) is 0 Å². The third-order valence-electron chi connectivity index (χ3n) is 3.07. The van der Waals surface area contributed by atoms with E-state index in [-0.39, 0.29) is 0 Å². The van der Waals surface area contributed by atoms with Gasteiger partial charge in [-0.25, -0.2) is 4.39 Å². The maximum Gasteiger partial charge on any atom is 0.152 e. The van der Waals surface area contributed by atoms with Crippen molar-refractivity contribution in [3.8, 4) is 0 Å². The molecule has 0 bridgehead atoms. The molecule has 3 heteroatoms. The SMILES string of the molecule is Cc1cc(C)cc(N(C)c2c(F)cccc2C=O)c1. The van der Waals surface area contributed by atoms with Crippen LogP contribution in [0.15, 0.2) is 36.4 Å². The number of carbonyl (C=O) groups is 1. The highest BCUT2D eigenvalue weighted by atomic mass is 19.1. The summed E-state index contributed by atoms with van der Waals surface area (Å²) in [6.45, 7) is 3.98. The molecule has 2 rings (SSSR count). The monoisotopic (exact) mass is 257 g/mol. The van der Waals surface area contributed by atoms with E-state index in [1.54, 1.807) is 18.0 Å². The maximum absolute atomic E-state index is 14.0. The van der Waals surface area contributed by atoms with Crippen LogP contribution in [0.1, 0.15) is 21.5 Å². The summed E-state index contributed by atoms with van der Waals surface area (Å²) in [6.07, 6.45) is 0.678. The van der Waals surface area contributed by atoms with E-state index in [1.165, 1.54) is 12.1 Å². The van der Waals surface area contributed by atoms with Crippen molar-refractivity contribution < 1.29 is 9.18 Å². The number of rotatable bonds is 3. The summed E-state index contributed by atoms with van der Waals surface area (Å²) in [5.41, 5.74) is 3.73. The molecule has 0 heterocycles. The van der Waals surface area contributed by atoms with Gasteiger partial charge in [-0.15, -0.1) is 0 Å². The minimum absolute atomic E-state index is 0.308. The molecule has 0 fully saturated rings. The van der Waals surface area contributed by atoms with Crippen LogP contribution >= 0.6 is 0 Å². The molecule has 0 amide bonds. The van der Waals surface area contributed by atoms with E-state index in [4.69, 9.17) is 0 Å². The fraction of sp³-hybridized carbons (Fsp3) is 0.188. The Morgan fingerprint density at radius 1 is 1.11 bits per heavy atom. The second-order valence-electron chi connectivity index (χ2n) is 4.70. The van der Waals surface area contributed by atoms with E-state index in [0.29, 0.717) is 17.5 Å². The van der Waals surface area contributed by atoms with Gasteiger partial charge in [0.2, 0.25) is 0 Å². The van der Waals surface area contributed by atoms with E-state index >= 15 is 0 Å². The predicted molar refractivity (Wildman–Crippen MR) is 75.8 cm³/mol. The Kier molecular flexibility index (Phi) is 3.65. The number of benzene rings is 2. The molecular weight excluding hydrogens is 241 g/mol. The van der Waals surface area contributed by atoms with Gasteiger partial charge in [0.25, 0.3) is 0 Å². The van der Waals surface area contributed by atoms with Crippen molar-refractivity contribution in [3.05, 3.63) is 58.9 Å². The van der Waals surface area contributed by atoms with Crippen molar-refractivity contribution in [3.63, 3.8) is 0 Å². The Hall–Kier alpha value is -2.16. The van der Waals surface area contributed by atoms with E-state index < -0.39 is 5.82 Å². The minimum atomic E-state index is -0.397. The molecule has 0 aliphatic rings. The molecular formula is C16H16FNO. The Morgan fingerprint density at radius 2 is 1.74 bits per heavy atom. The number of halogens is 1. The Balaban J connectivity index is 2.55. The molecule has 2 nitrogen and oxygen atoms in total. The van der Waals surface area contributed by atoms with Gasteiger partial charge in [0.05, 0.1) is 5.69 Å². The summed E-state index contributed by atoms with van der Waals surface area (Å²) in [5.74, 6) is -0.397. The van der Waals surface area contributed by atoms with Crippen molar-refractivity contribution in [2.24, 2.45) is 0 Å². The molecule has 0 N–H and O–H groups in total. The largest absolute Gasteiger partial charge is 0.342 e. The molecule has 0 unspecified atom stereocenters. The number of nitrogens with zero attached hydrogens (tertiary/aromatic N) is 1. The number of anilines is 2. The number of aldehydes is 1. The van der Waals surface area contributed by atoms with Gasteiger partial charge in [0.15, 0.2) is 6.29 Å². The molecule has 2 aromatic carbocycles. The number of aryl methyl sites for hydroxylation is 2. The maximum atomic E-state index is 14.0. The van der Waals surface area contributed by atoms with Crippen LogP contribution in [-0.2, 0) is 0 Å². The molecule has 98 valence electrons. The zero-order valence-corrected chi connectivity index (χ0v) is 11.3. The first kappa shape index (κ1) is 13.3. The lowest BCUT2D eigenvalue weighted by molar-refractivity contribution is 0.112. The molecule has 0 aromatic heterocycles. The van der Waals surface area contributed by atoms with Crippen LogP contribution in [-0.4, -0.2) is 13.3 Å². The van der Waals surface area contributed by atoms with Crippen molar-refractivity contribution in [1.29, 1.82) is 0 Å². The Bertz CT molecular complexity index is 602. The molecule has 0 aliphatic carbocycles. The van der Waals surface area contributed by atoms with E-state index in [2.05, 4.69) is 6.07 Å². The number of para-hydroxylation sites is 1. The fourth-order valence-electron chi connectivity index (χ4n) is 2.25.